The van der Waals surface area contributed by atoms with Crippen molar-refractivity contribution in [2.75, 3.05) is 31.6 Å². The number of hydrogen-bond acceptors (Lipinski definition) is 8. The number of benzene rings is 2. The monoisotopic (exact) mass is 539 g/mol. The Kier molecular flexibility index (Phi) is 5.60. The van der Waals surface area contributed by atoms with E-state index >= 15 is 0 Å². The maximum absolute atomic E-state index is 13.9. The Morgan fingerprint density at radius 2 is 1.90 bits per heavy atom. The van der Waals surface area contributed by atoms with Gasteiger partial charge >= 0.3 is 0 Å². The van der Waals surface area contributed by atoms with Gasteiger partial charge in [-0.25, -0.2) is 4.98 Å². The van der Waals surface area contributed by atoms with Crippen molar-refractivity contribution in [2.24, 2.45) is 0 Å². The molecule has 2 aromatic carbocycles. The van der Waals surface area contributed by atoms with E-state index in [1.807, 2.05) is 36.5 Å². The third-order valence-corrected chi connectivity index (χ3v) is 7.51. The van der Waals surface area contributed by atoms with Crippen LogP contribution in [0.25, 0.3) is 16.9 Å². The summed E-state index contributed by atoms with van der Waals surface area (Å²) in [5.74, 6) is -1.09. The first-order chi connectivity index (χ1) is 19.5. The minimum absolute atomic E-state index is 0.0679. The fraction of sp³-hybridized carbons (Fsp3) is 0.207. The van der Waals surface area contributed by atoms with Crippen LogP contribution < -0.4 is 15.2 Å². The third kappa shape index (κ3) is 3.58. The Bertz CT molecular complexity index is 1650. The number of carbonyl (C=O) groups excluding carboxylic acids is 1. The number of amides is 1. The Labute approximate surface area is 228 Å². The molecule has 2 atom stereocenters. The first-order valence-electron chi connectivity index (χ1n) is 12.8. The van der Waals surface area contributed by atoms with Gasteiger partial charge in [0.25, 0.3) is 11.9 Å². The van der Waals surface area contributed by atoms with Gasteiger partial charge < -0.3 is 24.2 Å². The van der Waals surface area contributed by atoms with Crippen LogP contribution in [0.5, 0.6) is 5.75 Å². The quantitative estimate of drug-likeness (QED) is 0.305. The maximum Gasteiger partial charge on any atom is 0.278 e. The largest absolute Gasteiger partial charge is 0.481 e. The number of carbonyl (C=O) groups is 1. The van der Waals surface area contributed by atoms with Crippen LogP contribution in [0.4, 0.5) is 0 Å². The molecule has 1 fully saturated rings. The number of hydrogen-bond donors (Lipinski definition) is 1. The normalized spacial score (nSPS) is 18.9. The van der Waals surface area contributed by atoms with Crippen molar-refractivity contribution >= 4 is 5.91 Å². The molecular formula is C29H25N5O6. The highest BCUT2D eigenvalue weighted by molar-refractivity contribution is 5.96. The number of imidazole rings is 1. The van der Waals surface area contributed by atoms with Crippen LogP contribution in [-0.4, -0.2) is 62.9 Å². The number of aromatic nitrogens is 3. The fourth-order valence-electron chi connectivity index (χ4n) is 5.86. The van der Waals surface area contributed by atoms with E-state index in [1.54, 1.807) is 22.1 Å². The summed E-state index contributed by atoms with van der Waals surface area (Å²) in [5, 5.41) is 11.4. The summed E-state index contributed by atoms with van der Waals surface area (Å²) in [6, 6.07) is 17.2. The second-order valence-electron chi connectivity index (χ2n) is 9.63. The number of pyridine rings is 1. The van der Waals surface area contributed by atoms with Crippen molar-refractivity contribution in [3.63, 3.8) is 0 Å². The lowest BCUT2D eigenvalue weighted by Crippen LogP contribution is -2.66. The summed E-state index contributed by atoms with van der Waals surface area (Å²) in [7, 11) is 0. The molecule has 11 nitrogen and oxygen atoms in total. The van der Waals surface area contributed by atoms with Gasteiger partial charge in [0.15, 0.2) is 5.69 Å². The number of aliphatic hydroxyl groups is 1. The zero-order valence-electron chi connectivity index (χ0n) is 21.3. The second kappa shape index (κ2) is 9.31. The van der Waals surface area contributed by atoms with E-state index in [0.29, 0.717) is 13.2 Å². The number of morpholine rings is 1. The molecule has 202 valence electrons. The molecule has 0 radical (unpaired) electrons. The molecule has 0 saturated carbocycles. The lowest BCUT2D eigenvalue weighted by Gasteiger charge is -2.51. The average Bonchev–Trinajstić information content (AvgIpc) is 3.42. The molecule has 1 amide bonds. The van der Waals surface area contributed by atoms with Crippen molar-refractivity contribution in [3.8, 4) is 22.7 Å². The van der Waals surface area contributed by atoms with Crippen molar-refractivity contribution < 1.29 is 24.1 Å². The summed E-state index contributed by atoms with van der Waals surface area (Å²) >= 11 is 0. The van der Waals surface area contributed by atoms with E-state index in [1.165, 1.54) is 6.07 Å². The Morgan fingerprint density at radius 1 is 1.10 bits per heavy atom. The van der Waals surface area contributed by atoms with E-state index in [9.17, 15) is 14.7 Å². The van der Waals surface area contributed by atoms with Crippen molar-refractivity contribution in [2.45, 2.75) is 12.2 Å². The minimum atomic E-state index is -0.559. The topological polar surface area (TPSA) is 111 Å². The van der Waals surface area contributed by atoms with Gasteiger partial charge in [0.1, 0.15) is 12.2 Å². The fourth-order valence-corrected chi connectivity index (χ4v) is 5.86. The van der Waals surface area contributed by atoms with E-state index in [2.05, 4.69) is 39.3 Å². The number of aliphatic hydroxyl groups excluding tert-OH is 1. The number of ether oxygens (including phenoxy) is 3. The molecule has 0 bridgehead atoms. The van der Waals surface area contributed by atoms with Crippen LogP contribution in [0.15, 0.2) is 90.6 Å². The molecule has 1 saturated heterocycles. The highest BCUT2D eigenvalue weighted by Gasteiger charge is 2.46. The molecular weight excluding hydrogens is 514 g/mol. The number of rotatable bonds is 5. The lowest BCUT2D eigenvalue weighted by molar-refractivity contribution is -0.0217. The maximum atomic E-state index is 13.9. The molecule has 40 heavy (non-hydrogen) atoms. The van der Waals surface area contributed by atoms with Crippen LogP contribution in [0, 0.1) is 0 Å². The van der Waals surface area contributed by atoms with Gasteiger partial charge in [-0.1, -0.05) is 42.5 Å². The lowest BCUT2D eigenvalue weighted by atomic mass is 9.92. The van der Waals surface area contributed by atoms with Gasteiger partial charge in [0.2, 0.25) is 18.0 Å². The summed E-state index contributed by atoms with van der Waals surface area (Å²) in [4.78, 5) is 33.1. The van der Waals surface area contributed by atoms with Crippen molar-refractivity contribution in [3.05, 3.63) is 113 Å². The standard InChI is InChI=1S/C29H25N5O6/c1-18(35)39-17-40-28-24(36)10-11-33-27(28)29(37)31-12-13-38-15-25(31)34(33)26-20-7-3-2-6-19(20)23-14-30-16-32(23)22-9-5-4-8-21(22)26/h2-11,14,16,25-26,35H,1,12-13,15,17H2/t25-,26+/m1/s1. The van der Waals surface area contributed by atoms with Crippen LogP contribution in [0.1, 0.15) is 27.7 Å². The number of fused-ring (bicyclic) bond motifs is 7. The highest BCUT2D eigenvalue weighted by atomic mass is 16.7. The second-order valence-corrected chi connectivity index (χ2v) is 9.63. The van der Waals surface area contributed by atoms with Gasteiger partial charge in [-0.15, -0.1) is 0 Å². The first-order valence-corrected chi connectivity index (χ1v) is 12.8. The van der Waals surface area contributed by atoms with Gasteiger partial charge in [0.05, 0.1) is 37.1 Å². The predicted molar refractivity (Wildman–Crippen MR) is 144 cm³/mol. The zero-order valence-corrected chi connectivity index (χ0v) is 21.3. The van der Waals surface area contributed by atoms with Crippen molar-refractivity contribution in [1.82, 2.24) is 19.1 Å². The van der Waals surface area contributed by atoms with Crippen LogP contribution in [-0.2, 0) is 9.47 Å². The van der Waals surface area contributed by atoms with E-state index in [-0.39, 0.29) is 24.0 Å². The van der Waals surface area contributed by atoms with Gasteiger partial charge in [-0.05, 0) is 18.2 Å². The predicted octanol–water partition coefficient (Wildman–Crippen LogP) is 2.94. The van der Waals surface area contributed by atoms with Gasteiger partial charge in [-0.2, -0.15) is 0 Å². The molecule has 0 unspecified atom stereocenters. The summed E-state index contributed by atoms with van der Waals surface area (Å²) in [5.41, 5.74) is 4.46. The van der Waals surface area contributed by atoms with Gasteiger partial charge in [-0.3, -0.25) is 23.8 Å². The molecule has 7 rings (SSSR count). The third-order valence-electron chi connectivity index (χ3n) is 7.51. The SMILES string of the molecule is C=C(O)OCOc1c2n(ccc1=O)N([C@H]1c3ccccc3-c3cncn3-c3ccccc31)[C@@H]1COCCN1C2=O. The molecule has 3 aliphatic rings. The van der Waals surface area contributed by atoms with Crippen LogP contribution in [0.3, 0.4) is 0 Å². The molecule has 2 aromatic heterocycles. The van der Waals surface area contributed by atoms with Crippen LogP contribution >= 0.6 is 0 Å². The number of nitrogens with zero attached hydrogens (tertiary/aromatic N) is 5. The molecule has 4 aromatic rings. The average molecular weight is 540 g/mol. The Hall–Kier alpha value is -5.03. The molecule has 3 aliphatic heterocycles. The molecule has 0 aliphatic carbocycles. The Balaban J connectivity index is 1.49. The van der Waals surface area contributed by atoms with Crippen molar-refractivity contribution in [1.29, 1.82) is 0 Å². The smallest absolute Gasteiger partial charge is 0.278 e. The molecule has 1 N–H and O–H groups in total. The molecule has 0 spiro atoms. The summed E-state index contributed by atoms with van der Waals surface area (Å²) in [6.45, 7) is 3.76. The zero-order chi connectivity index (χ0) is 27.4. The Morgan fingerprint density at radius 3 is 2.75 bits per heavy atom. The van der Waals surface area contributed by atoms with E-state index in [4.69, 9.17) is 14.2 Å². The number of para-hydroxylation sites is 1. The minimum Gasteiger partial charge on any atom is -0.481 e. The highest BCUT2D eigenvalue weighted by Crippen LogP contribution is 2.44. The summed E-state index contributed by atoms with van der Waals surface area (Å²) < 4.78 is 20.2. The first kappa shape index (κ1) is 24.0. The van der Waals surface area contributed by atoms with Crippen LogP contribution in [0.2, 0.25) is 0 Å². The molecule has 5 heterocycles. The van der Waals surface area contributed by atoms with E-state index < -0.39 is 30.4 Å². The van der Waals surface area contributed by atoms with Gasteiger partial charge in [0, 0.05) is 29.9 Å². The summed E-state index contributed by atoms with van der Waals surface area (Å²) in [6.07, 6.45) is 4.77. The van der Waals surface area contributed by atoms with E-state index in [0.717, 1.165) is 28.1 Å². The molecule has 11 heteroatoms.